The fourth-order valence-corrected chi connectivity index (χ4v) is 2.04. The molecule has 5 nitrogen and oxygen atoms in total. The van der Waals surface area contributed by atoms with Crippen LogP contribution in [0.2, 0.25) is 5.02 Å². The molecule has 0 radical (unpaired) electrons. The first-order valence-electron chi connectivity index (χ1n) is 5.43. The van der Waals surface area contributed by atoms with Crippen molar-refractivity contribution in [2.24, 2.45) is 0 Å². The van der Waals surface area contributed by atoms with E-state index in [4.69, 9.17) is 21.4 Å². The van der Waals surface area contributed by atoms with Crippen LogP contribution in [0.15, 0.2) is 18.2 Å². The van der Waals surface area contributed by atoms with Gasteiger partial charge < -0.3 is 9.84 Å². The van der Waals surface area contributed by atoms with Crippen molar-refractivity contribution < 1.29 is 19.4 Å². The second-order valence-corrected chi connectivity index (χ2v) is 4.54. The summed E-state index contributed by atoms with van der Waals surface area (Å²) in [4.78, 5) is 23.7. The van der Waals surface area contributed by atoms with Crippen molar-refractivity contribution in [2.45, 2.75) is 19.4 Å². The number of anilines is 1. The van der Waals surface area contributed by atoms with Gasteiger partial charge in [-0.3, -0.25) is 9.69 Å². The van der Waals surface area contributed by atoms with E-state index in [-0.39, 0.29) is 13.0 Å². The van der Waals surface area contributed by atoms with Crippen LogP contribution < -0.4 is 4.90 Å². The van der Waals surface area contributed by atoms with E-state index in [0.29, 0.717) is 10.7 Å². The van der Waals surface area contributed by atoms with Crippen LogP contribution in [0.3, 0.4) is 0 Å². The number of ether oxygens (including phenoxy) is 1. The largest absolute Gasteiger partial charge is 0.481 e. The number of nitrogens with zero attached hydrogens (tertiary/aromatic N) is 1. The molecule has 2 rings (SSSR count). The van der Waals surface area contributed by atoms with Gasteiger partial charge in [-0.2, -0.15) is 0 Å². The summed E-state index contributed by atoms with van der Waals surface area (Å²) in [5.74, 6) is -0.971. The second kappa shape index (κ2) is 4.86. The summed E-state index contributed by atoms with van der Waals surface area (Å²) in [5.41, 5.74) is 1.45. The lowest BCUT2D eigenvalue weighted by Crippen LogP contribution is -2.35. The summed E-state index contributed by atoms with van der Waals surface area (Å²) < 4.78 is 4.88. The topological polar surface area (TPSA) is 66.8 Å². The lowest BCUT2D eigenvalue weighted by molar-refractivity contribution is -0.137. The highest BCUT2D eigenvalue weighted by Crippen LogP contribution is 2.28. The third-order valence-corrected chi connectivity index (χ3v) is 3.21. The Hall–Kier alpha value is -1.75. The number of amides is 1. The fourth-order valence-electron chi connectivity index (χ4n) is 1.86. The standard InChI is InChI=1S/C12H12ClNO4/c1-7-2-3-8(4-10(7)13)14-9(5-11(15)16)6-18-12(14)17/h2-4,9H,5-6H2,1H3,(H,15,16). The predicted octanol–water partition coefficient (Wildman–Crippen LogP) is 2.45. The van der Waals surface area contributed by atoms with Crippen molar-refractivity contribution in [2.75, 3.05) is 11.5 Å². The summed E-state index contributed by atoms with van der Waals surface area (Å²) in [6.45, 7) is 1.93. The zero-order valence-electron chi connectivity index (χ0n) is 9.72. The van der Waals surface area contributed by atoms with Crippen LogP contribution in [-0.2, 0) is 9.53 Å². The van der Waals surface area contributed by atoms with Crippen LogP contribution in [0.5, 0.6) is 0 Å². The molecule has 0 bridgehead atoms. The van der Waals surface area contributed by atoms with Crippen LogP contribution in [-0.4, -0.2) is 29.8 Å². The summed E-state index contributed by atoms with van der Waals surface area (Å²) >= 11 is 6.00. The summed E-state index contributed by atoms with van der Waals surface area (Å²) in [6, 6.07) is 4.65. The Bertz CT molecular complexity index is 503. The summed E-state index contributed by atoms with van der Waals surface area (Å²) in [7, 11) is 0. The molecular weight excluding hydrogens is 258 g/mol. The highest BCUT2D eigenvalue weighted by molar-refractivity contribution is 6.31. The average molecular weight is 270 g/mol. The summed E-state index contributed by atoms with van der Waals surface area (Å²) in [6.07, 6.45) is -0.696. The van der Waals surface area contributed by atoms with Gasteiger partial charge in [0.2, 0.25) is 0 Å². The SMILES string of the molecule is Cc1ccc(N2C(=O)OCC2CC(=O)O)cc1Cl. The van der Waals surface area contributed by atoms with Crippen LogP contribution in [0.25, 0.3) is 0 Å². The van der Waals surface area contributed by atoms with Crippen LogP contribution in [0.4, 0.5) is 10.5 Å². The third-order valence-electron chi connectivity index (χ3n) is 2.80. The molecule has 6 heteroatoms. The molecule has 1 saturated heterocycles. The monoisotopic (exact) mass is 269 g/mol. The Kier molecular flexibility index (Phi) is 3.43. The highest BCUT2D eigenvalue weighted by Gasteiger charge is 2.35. The molecule has 1 aromatic rings. The van der Waals surface area contributed by atoms with Crippen molar-refractivity contribution >= 4 is 29.4 Å². The number of aryl methyl sites for hydroxylation is 1. The molecule has 1 aliphatic rings. The van der Waals surface area contributed by atoms with E-state index in [2.05, 4.69) is 0 Å². The van der Waals surface area contributed by atoms with E-state index in [1.165, 1.54) is 4.90 Å². The lowest BCUT2D eigenvalue weighted by Gasteiger charge is -2.20. The minimum absolute atomic E-state index is 0.0800. The Morgan fingerprint density at radius 1 is 1.61 bits per heavy atom. The van der Waals surface area contributed by atoms with Crippen molar-refractivity contribution in [3.8, 4) is 0 Å². The molecule has 1 unspecified atom stereocenters. The molecule has 0 aliphatic carbocycles. The van der Waals surface area contributed by atoms with Gasteiger partial charge in [-0.05, 0) is 24.6 Å². The van der Waals surface area contributed by atoms with Gasteiger partial charge in [-0.1, -0.05) is 17.7 Å². The average Bonchev–Trinajstić information content (AvgIpc) is 2.63. The van der Waals surface area contributed by atoms with E-state index in [1.54, 1.807) is 18.2 Å². The quantitative estimate of drug-likeness (QED) is 0.915. The molecule has 96 valence electrons. The van der Waals surface area contributed by atoms with Gasteiger partial charge in [-0.15, -0.1) is 0 Å². The second-order valence-electron chi connectivity index (χ2n) is 4.13. The number of rotatable bonds is 3. The zero-order valence-corrected chi connectivity index (χ0v) is 10.5. The number of carbonyl (C=O) groups is 2. The maximum absolute atomic E-state index is 11.6. The van der Waals surface area contributed by atoms with Crippen LogP contribution >= 0.6 is 11.6 Å². The number of carboxylic acids is 1. The van der Waals surface area contributed by atoms with Crippen molar-refractivity contribution in [3.63, 3.8) is 0 Å². The maximum atomic E-state index is 11.6. The Morgan fingerprint density at radius 2 is 2.33 bits per heavy atom. The minimum atomic E-state index is -0.971. The lowest BCUT2D eigenvalue weighted by atomic mass is 10.1. The molecule has 18 heavy (non-hydrogen) atoms. The van der Waals surface area contributed by atoms with Gasteiger partial charge in [0.15, 0.2) is 0 Å². The smallest absolute Gasteiger partial charge is 0.414 e. The fraction of sp³-hybridized carbons (Fsp3) is 0.333. The van der Waals surface area contributed by atoms with Crippen LogP contribution in [0.1, 0.15) is 12.0 Å². The molecule has 1 aliphatic heterocycles. The van der Waals surface area contributed by atoms with E-state index in [9.17, 15) is 9.59 Å². The van der Waals surface area contributed by atoms with E-state index >= 15 is 0 Å². The predicted molar refractivity (Wildman–Crippen MR) is 66.1 cm³/mol. The van der Waals surface area contributed by atoms with Gasteiger partial charge in [0.05, 0.1) is 12.5 Å². The number of halogens is 1. The van der Waals surface area contributed by atoms with Crippen molar-refractivity contribution in [1.82, 2.24) is 0 Å². The van der Waals surface area contributed by atoms with Crippen LogP contribution in [0, 0.1) is 6.92 Å². The van der Waals surface area contributed by atoms with Gasteiger partial charge in [-0.25, -0.2) is 4.79 Å². The number of carboxylic acid groups (broad SMARTS) is 1. The normalized spacial score (nSPS) is 18.9. The molecule has 1 fully saturated rings. The molecule has 0 spiro atoms. The Morgan fingerprint density at radius 3 is 2.94 bits per heavy atom. The molecule has 1 heterocycles. The van der Waals surface area contributed by atoms with Crippen molar-refractivity contribution in [3.05, 3.63) is 28.8 Å². The number of hydrogen-bond acceptors (Lipinski definition) is 3. The van der Waals surface area contributed by atoms with Gasteiger partial charge >= 0.3 is 12.1 Å². The molecule has 1 N–H and O–H groups in total. The molecule has 0 aromatic heterocycles. The number of benzene rings is 1. The number of cyclic esters (lactones) is 1. The van der Waals surface area contributed by atoms with E-state index in [0.717, 1.165) is 5.56 Å². The first-order valence-corrected chi connectivity index (χ1v) is 5.81. The molecule has 1 aromatic carbocycles. The number of hydrogen-bond donors (Lipinski definition) is 1. The molecule has 1 amide bonds. The minimum Gasteiger partial charge on any atom is -0.481 e. The molecule has 1 atom stereocenters. The third kappa shape index (κ3) is 2.41. The maximum Gasteiger partial charge on any atom is 0.414 e. The zero-order chi connectivity index (χ0) is 13.3. The first kappa shape index (κ1) is 12.7. The highest BCUT2D eigenvalue weighted by atomic mass is 35.5. The van der Waals surface area contributed by atoms with Gasteiger partial charge in [0.25, 0.3) is 0 Å². The van der Waals surface area contributed by atoms with Gasteiger partial charge in [0, 0.05) is 10.7 Å². The van der Waals surface area contributed by atoms with Gasteiger partial charge in [0.1, 0.15) is 6.61 Å². The summed E-state index contributed by atoms with van der Waals surface area (Å²) in [5, 5.41) is 9.33. The van der Waals surface area contributed by atoms with Crippen molar-refractivity contribution in [1.29, 1.82) is 0 Å². The molecular formula is C12H12ClNO4. The Balaban J connectivity index is 2.30. The number of carbonyl (C=O) groups excluding carboxylic acids is 1. The van der Waals surface area contributed by atoms with E-state index in [1.807, 2.05) is 6.92 Å². The number of aliphatic carboxylic acids is 1. The van der Waals surface area contributed by atoms with E-state index < -0.39 is 18.1 Å². The first-order chi connectivity index (χ1) is 8.49. The molecule has 0 saturated carbocycles. The Labute approximate surface area is 109 Å².